The molecule has 3 aromatic rings. The van der Waals surface area contributed by atoms with Crippen LogP contribution in [0.3, 0.4) is 0 Å². The summed E-state index contributed by atoms with van der Waals surface area (Å²) in [4.78, 5) is 73.0. The molecule has 0 bridgehead atoms. The first-order valence-corrected chi connectivity index (χ1v) is 10.2. The molecular weight excluding hydrogens is 477 g/mol. The maximum atomic E-state index is 13.6. The first-order valence-electron chi connectivity index (χ1n) is 10.2. The summed E-state index contributed by atoms with van der Waals surface area (Å²) in [7, 11) is 0. The van der Waals surface area contributed by atoms with E-state index < -0.39 is 63.6 Å². The zero-order valence-corrected chi connectivity index (χ0v) is 18.1. The number of anilines is 1. The number of carbonyl (C=O) groups excluding carboxylic acids is 5. The Morgan fingerprint density at radius 3 is 2.19 bits per heavy atom. The number of nitrogens with one attached hydrogen (secondary N) is 2. The van der Waals surface area contributed by atoms with Gasteiger partial charge in [0.2, 0.25) is 5.78 Å². The Morgan fingerprint density at radius 1 is 0.889 bits per heavy atom. The highest BCUT2D eigenvalue weighted by molar-refractivity contribution is 6.30. The van der Waals surface area contributed by atoms with E-state index in [1.54, 1.807) is 0 Å². The van der Waals surface area contributed by atoms with Crippen molar-refractivity contribution in [1.82, 2.24) is 5.32 Å². The Bertz CT molecular complexity index is 1480. The number of hydrogen-bond acceptors (Lipinski definition) is 8. The largest absolute Gasteiger partial charge is 0.452 e. The van der Waals surface area contributed by atoms with E-state index in [1.165, 1.54) is 42.5 Å². The van der Waals surface area contributed by atoms with Gasteiger partial charge in [0.25, 0.3) is 11.6 Å². The minimum atomic E-state index is -1.34. The number of hydrogen-bond donors (Lipinski definition) is 2. The van der Waals surface area contributed by atoms with Gasteiger partial charge in [-0.15, -0.1) is 0 Å². The molecule has 2 N–H and O–H groups in total. The Kier molecular flexibility index (Phi) is 6.33. The molecule has 0 heterocycles. The lowest BCUT2D eigenvalue weighted by Gasteiger charge is -2.18. The molecule has 36 heavy (non-hydrogen) atoms. The van der Waals surface area contributed by atoms with Crippen LogP contribution in [0.2, 0.25) is 0 Å². The van der Waals surface area contributed by atoms with Gasteiger partial charge in [0.15, 0.2) is 12.4 Å². The normalized spacial score (nSPS) is 11.7. The van der Waals surface area contributed by atoms with Crippen LogP contribution in [0, 0.1) is 15.9 Å². The van der Waals surface area contributed by atoms with Crippen molar-refractivity contribution in [2.45, 2.75) is 0 Å². The summed E-state index contributed by atoms with van der Waals surface area (Å²) >= 11 is 0. The van der Waals surface area contributed by atoms with E-state index in [2.05, 4.69) is 5.32 Å². The lowest BCUT2D eigenvalue weighted by Crippen LogP contribution is -2.37. The molecule has 0 fully saturated rings. The van der Waals surface area contributed by atoms with Gasteiger partial charge in [-0.25, -0.2) is 14.0 Å². The van der Waals surface area contributed by atoms with Crippen molar-refractivity contribution in [3.63, 3.8) is 0 Å². The van der Waals surface area contributed by atoms with Crippen LogP contribution in [0.5, 0.6) is 0 Å². The SMILES string of the molecule is O=C(COC(=O)c1ccc2c(c1[N+](=O)[O-])C(=O)c1ccccc1C2=O)NC(=O)Nc1ccccc1F. The lowest BCUT2D eigenvalue weighted by molar-refractivity contribution is -0.385. The van der Waals surface area contributed by atoms with Gasteiger partial charge in [0.1, 0.15) is 16.9 Å². The molecule has 0 spiro atoms. The molecule has 4 rings (SSSR count). The number of imide groups is 1. The van der Waals surface area contributed by atoms with Crippen LogP contribution < -0.4 is 10.6 Å². The fourth-order valence-electron chi connectivity index (χ4n) is 3.61. The number of nitro benzene ring substituents is 1. The van der Waals surface area contributed by atoms with Gasteiger partial charge in [0.05, 0.1) is 10.6 Å². The van der Waals surface area contributed by atoms with Crippen LogP contribution in [0.1, 0.15) is 42.2 Å². The van der Waals surface area contributed by atoms with Crippen molar-refractivity contribution < 1.29 is 38.0 Å². The predicted molar refractivity (Wildman–Crippen MR) is 120 cm³/mol. The molecule has 0 atom stereocenters. The van der Waals surface area contributed by atoms with Crippen molar-refractivity contribution in [1.29, 1.82) is 0 Å². The van der Waals surface area contributed by atoms with E-state index in [4.69, 9.17) is 4.74 Å². The molecule has 0 aromatic heterocycles. The molecule has 1 aliphatic carbocycles. The predicted octanol–water partition coefficient (Wildman–Crippen LogP) is 3.01. The maximum absolute atomic E-state index is 13.6. The molecule has 0 saturated carbocycles. The molecule has 12 heteroatoms. The quantitative estimate of drug-likeness (QED) is 0.245. The molecular formula is C24H14FN3O8. The van der Waals surface area contributed by atoms with Crippen LogP contribution in [0.25, 0.3) is 0 Å². The van der Waals surface area contributed by atoms with E-state index >= 15 is 0 Å². The Hall–Kier alpha value is -5.26. The molecule has 0 radical (unpaired) electrons. The van der Waals surface area contributed by atoms with Gasteiger partial charge in [0, 0.05) is 16.7 Å². The van der Waals surface area contributed by atoms with Crippen LogP contribution in [0.4, 0.5) is 20.6 Å². The number of ether oxygens (including phenoxy) is 1. The molecule has 0 saturated heterocycles. The van der Waals surface area contributed by atoms with Crippen molar-refractivity contribution in [3.05, 3.63) is 104 Å². The minimum absolute atomic E-state index is 0.0520. The molecule has 3 amide bonds. The van der Waals surface area contributed by atoms with E-state index in [0.29, 0.717) is 0 Å². The fourth-order valence-corrected chi connectivity index (χ4v) is 3.61. The number of rotatable bonds is 5. The van der Waals surface area contributed by atoms with Crippen molar-refractivity contribution in [2.24, 2.45) is 0 Å². The number of amides is 3. The van der Waals surface area contributed by atoms with Crippen LogP contribution in [0.15, 0.2) is 60.7 Å². The maximum Gasteiger partial charge on any atom is 0.345 e. The van der Waals surface area contributed by atoms with Gasteiger partial charge in [-0.3, -0.25) is 29.8 Å². The van der Waals surface area contributed by atoms with E-state index in [-0.39, 0.29) is 22.4 Å². The summed E-state index contributed by atoms with van der Waals surface area (Å²) in [5.41, 5.74) is -2.60. The number of esters is 1. The number of urea groups is 1. The number of halogens is 1. The second-order valence-corrected chi connectivity index (χ2v) is 7.40. The first-order chi connectivity index (χ1) is 17.2. The van der Waals surface area contributed by atoms with Gasteiger partial charge >= 0.3 is 12.0 Å². The summed E-state index contributed by atoms with van der Waals surface area (Å²) in [5.74, 6) is -4.64. The zero-order chi connectivity index (χ0) is 26.0. The third-order valence-electron chi connectivity index (χ3n) is 5.18. The molecule has 1 aliphatic rings. The third-order valence-corrected chi connectivity index (χ3v) is 5.18. The fraction of sp³-hybridized carbons (Fsp3) is 0.0417. The highest BCUT2D eigenvalue weighted by atomic mass is 19.1. The van der Waals surface area contributed by atoms with Crippen molar-refractivity contribution >= 4 is 40.8 Å². The summed E-state index contributed by atoms with van der Waals surface area (Å²) in [6.45, 7) is -1.02. The first kappa shape index (κ1) is 23.9. The number of carbonyl (C=O) groups is 5. The molecule has 0 unspecified atom stereocenters. The average molecular weight is 491 g/mol. The van der Waals surface area contributed by atoms with Gasteiger partial charge < -0.3 is 10.1 Å². The highest BCUT2D eigenvalue weighted by Crippen LogP contribution is 2.35. The highest BCUT2D eigenvalue weighted by Gasteiger charge is 2.39. The summed E-state index contributed by atoms with van der Waals surface area (Å²) in [6, 6.07) is 11.9. The van der Waals surface area contributed by atoms with E-state index in [0.717, 1.165) is 18.2 Å². The number of ketones is 2. The molecule has 0 aliphatic heterocycles. The van der Waals surface area contributed by atoms with Crippen LogP contribution in [-0.4, -0.2) is 41.0 Å². The summed E-state index contributed by atoms with van der Waals surface area (Å²) < 4.78 is 18.4. The zero-order valence-electron chi connectivity index (χ0n) is 18.1. The van der Waals surface area contributed by atoms with Crippen LogP contribution in [-0.2, 0) is 9.53 Å². The van der Waals surface area contributed by atoms with Gasteiger partial charge in [-0.2, -0.15) is 0 Å². The lowest BCUT2D eigenvalue weighted by atomic mass is 9.82. The monoisotopic (exact) mass is 491 g/mol. The number of para-hydroxylation sites is 1. The van der Waals surface area contributed by atoms with Gasteiger partial charge in [-0.1, -0.05) is 36.4 Å². The Morgan fingerprint density at radius 2 is 1.53 bits per heavy atom. The number of nitrogens with zero attached hydrogens (tertiary/aromatic N) is 1. The van der Waals surface area contributed by atoms with Gasteiger partial charge in [-0.05, 0) is 24.3 Å². The Labute approximate surface area is 201 Å². The smallest absolute Gasteiger partial charge is 0.345 e. The average Bonchev–Trinajstić information content (AvgIpc) is 2.86. The van der Waals surface area contributed by atoms with E-state index in [1.807, 2.05) is 5.32 Å². The molecule has 11 nitrogen and oxygen atoms in total. The second kappa shape index (κ2) is 9.54. The van der Waals surface area contributed by atoms with Crippen molar-refractivity contribution in [2.75, 3.05) is 11.9 Å². The summed E-state index contributed by atoms with van der Waals surface area (Å²) in [5, 5.41) is 15.7. The number of benzene rings is 3. The standard InChI is InChI=1S/C24H14FN3O8/c25-16-7-3-4-8-17(16)26-24(33)27-18(29)11-36-23(32)15-10-9-14-19(20(15)28(34)35)22(31)13-6-2-1-5-12(13)21(14)30/h1-10H,11H2,(H2,26,27,29,33). The van der Waals surface area contributed by atoms with Crippen molar-refractivity contribution in [3.8, 4) is 0 Å². The Balaban J connectivity index is 1.51. The molecule has 3 aromatic carbocycles. The summed E-state index contributed by atoms with van der Waals surface area (Å²) in [6.07, 6.45) is 0. The minimum Gasteiger partial charge on any atom is -0.452 e. The number of nitro groups is 1. The second-order valence-electron chi connectivity index (χ2n) is 7.40. The van der Waals surface area contributed by atoms with Crippen LogP contribution >= 0.6 is 0 Å². The molecule has 180 valence electrons. The number of fused-ring (bicyclic) bond motifs is 2. The third kappa shape index (κ3) is 4.42. The topological polar surface area (TPSA) is 162 Å². The van der Waals surface area contributed by atoms with E-state index in [9.17, 15) is 38.5 Å².